The number of thiophene rings is 1. The predicted molar refractivity (Wildman–Crippen MR) is 90.8 cm³/mol. The van der Waals surface area contributed by atoms with E-state index in [2.05, 4.69) is 24.1 Å². The van der Waals surface area contributed by atoms with Crippen LogP contribution in [-0.2, 0) is 4.79 Å². The molecule has 1 aromatic carbocycles. The minimum absolute atomic E-state index is 0.00613. The quantitative estimate of drug-likeness (QED) is 0.717. The first-order chi connectivity index (χ1) is 10.6. The van der Waals surface area contributed by atoms with Crippen molar-refractivity contribution < 1.29 is 9.90 Å². The van der Waals surface area contributed by atoms with Crippen LogP contribution in [0.15, 0.2) is 35.7 Å². The zero-order valence-electron chi connectivity index (χ0n) is 12.0. The van der Waals surface area contributed by atoms with Gasteiger partial charge in [0.2, 0.25) is 0 Å². The van der Waals surface area contributed by atoms with Gasteiger partial charge in [0, 0.05) is 10.8 Å². The number of carbonyl (C=O) groups excluding carboxylic acids is 1. The lowest BCUT2D eigenvalue weighted by Gasteiger charge is -2.05. The summed E-state index contributed by atoms with van der Waals surface area (Å²) >= 11 is 3.25. The van der Waals surface area contributed by atoms with Gasteiger partial charge in [0.05, 0.1) is 10.2 Å². The highest BCUT2D eigenvalue weighted by atomic mass is 32.1. The second kappa shape index (κ2) is 6.42. The SMILES string of the molecule is Cc1ccsc1/C=C(\CCC(=O)[O-])c1nc2ccccc2s1. The molecule has 0 atom stereocenters. The van der Waals surface area contributed by atoms with Gasteiger partial charge in [0.25, 0.3) is 0 Å². The van der Waals surface area contributed by atoms with Gasteiger partial charge in [-0.15, -0.1) is 22.7 Å². The van der Waals surface area contributed by atoms with E-state index in [9.17, 15) is 9.90 Å². The van der Waals surface area contributed by atoms with Crippen molar-refractivity contribution >= 4 is 50.5 Å². The standard InChI is InChI=1S/C17H15NO2S2/c1-11-8-9-21-15(11)10-12(6-7-16(19)20)17-18-13-4-2-3-5-14(13)22-17/h2-5,8-10H,6-7H2,1H3,(H,19,20)/p-1/b12-10+. The molecule has 2 aromatic heterocycles. The molecular weight excluding hydrogens is 314 g/mol. The van der Waals surface area contributed by atoms with Crippen molar-refractivity contribution in [3.63, 3.8) is 0 Å². The third-order valence-corrected chi connectivity index (χ3v) is 5.45. The van der Waals surface area contributed by atoms with Crippen LogP contribution in [0.1, 0.15) is 28.3 Å². The Bertz CT molecular complexity index is 812. The Morgan fingerprint density at radius 2 is 2.09 bits per heavy atom. The minimum Gasteiger partial charge on any atom is -0.550 e. The normalized spacial score (nSPS) is 12.0. The van der Waals surface area contributed by atoms with Crippen LogP contribution < -0.4 is 5.11 Å². The van der Waals surface area contributed by atoms with Gasteiger partial charge in [0.1, 0.15) is 5.01 Å². The molecule has 3 aromatic rings. The lowest BCUT2D eigenvalue weighted by atomic mass is 10.1. The van der Waals surface area contributed by atoms with E-state index in [0.717, 1.165) is 25.7 Å². The number of hydrogen-bond donors (Lipinski definition) is 0. The first-order valence-corrected chi connectivity index (χ1v) is 8.63. The average Bonchev–Trinajstić information content (AvgIpc) is 3.09. The van der Waals surface area contributed by atoms with E-state index in [1.54, 1.807) is 22.7 Å². The summed E-state index contributed by atoms with van der Waals surface area (Å²) in [7, 11) is 0. The van der Waals surface area contributed by atoms with Gasteiger partial charge in [-0.25, -0.2) is 4.98 Å². The number of para-hydroxylation sites is 1. The van der Waals surface area contributed by atoms with Crippen molar-refractivity contribution in [1.82, 2.24) is 4.98 Å². The summed E-state index contributed by atoms with van der Waals surface area (Å²) in [6, 6.07) is 10.0. The summed E-state index contributed by atoms with van der Waals surface area (Å²) in [4.78, 5) is 16.6. The molecule has 0 aliphatic rings. The summed E-state index contributed by atoms with van der Waals surface area (Å²) in [5.74, 6) is -1.03. The van der Waals surface area contributed by atoms with Crippen molar-refractivity contribution in [2.75, 3.05) is 0 Å². The van der Waals surface area contributed by atoms with Crippen LogP contribution in [-0.4, -0.2) is 11.0 Å². The van der Waals surface area contributed by atoms with Crippen LogP contribution in [0.5, 0.6) is 0 Å². The Kier molecular flexibility index (Phi) is 4.36. The Balaban J connectivity index is 2.02. The number of fused-ring (bicyclic) bond motifs is 1. The molecule has 3 rings (SSSR count). The van der Waals surface area contributed by atoms with Crippen molar-refractivity contribution in [1.29, 1.82) is 0 Å². The molecule has 0 fully saturated rings. The molecular formula is C17H14NO2S2-. The van der Waals surface area contributed by atoms with E-state index in [1.807, 2.05) is 29.6 Å². The molecule has 0 radical (unpaired) electrons. The van der Waals surface area contributed by atoms with Crippen LogP contribution in [0.3, 0.4) is 0 Å². The number of thiazole rings is 1. The summed E-state index contributed by atoms with van der Waals surface area (Å²) in [5.41, 5.74) is 3.10. The highest BCUT2D eigenvalue weighted by Gasteiger charge is 2.10. The molecule has 0 aliphatic heterocycles. The number of aliphatic carboxylic acids is 1. The molecule has 0 saturated heterocycles. The molecule has 0 aliphatic carbocycles. The van der Waals surface area contributed by atoms with E-state index in [-0.39, 0.29) is 6.42 Å². The summed E-state index contributed by atoms with van der Waals surface area (Å²) in [6.45, 7) is 2.05. The Labute approximate surface area is 136 Å². The number of nitrogens with zero attached hydrogens (tertiary/aromatic N) is 1. The van der Waals surface area contributed by atoms with Gasteiger partial charge in [-0.1, -0.05) is 12.1 Å². The predicted octanol–water partition coefficient (Wildman–Crippen LogP) is 3.74. The van der Waals surface area contributed by atoms with Crippen LogP contribution >= 0.6 is 22.7 Å². The van der Waals surface area contributed by atoms with Crippen LogP contribution in [0.25, 0.3) is 21.9 Å². The molecule has 0 saturated carbocycles. The van der Waals surface area contributed by atoms with Crippen molar-refractivity contribution in [2.24, 2.45) is 0 Å². The first kappa shape index (κ1) is 14.9. The van der Waals surface area contributed by atoms with Gasteiger partial charge in [-0.3, -0.25) is 0 Å². The third-order valence-electron chi connectivity index (χ3n) is 3.37. The molecule has 0 bridgehead atoms. The number of carboxylic acid groups (broad SMARTS) is 1. The molecule has 5 heteroatoms. The summed E-state index contributed by atoms with van der Waals surface area (Å²) in [5, 5.41) is 13.7. The number of allylic oxidation sites excluding steroid dienone is 1. The average molecular weight is 328 g/mol. The van der Waals surface area contributed by atoms with E-state index >= 15 is 0 Å². The zero-order valence-corrected chi connectivity index (χ0v) is 13.7. The number of benzene rings is 1. The summed E-state index contributed by atoms with van der Waals surface area (Å²) < 4.78 is 1.11. The number of carboxylic acids is 1. The lowest BCUT2D eigenvalue weighted by Crippen LogP contribution is -2.21. The maximum absolute atomic E-state index is 10.8. The highest BCUT2D eigenvalue weighted by molar-refractivity contribution is 7.19. The monoisotopic (exact) mass is 328 g/mol. The Morgan fingerprint density at radius 3 is 2.77 bits per heavy atom. The molecule has 22 heavy (non-hydrogen) atoms. The topological polar surface area (TPSA) is 53.0 Å². The summed E-state index contributed by atoms with van der Waals surface area (Å²) in [6.07, 6.45) is 2.49. The number of aromatic nitrogens is 1. The fourth-order valence-corrected chi connectivity index (χ4v) is 4.07. The van der Waals surface area contributed by atoms with E-state index < -0.39 is 5.97 Å². The number of aryl methyl sites for hydroxylation is 1. The fraction of sp³-hybridized carbons (Fsp3) is 0.176. The second-order valence-corrected chi connectivity index (χ2v) is 6.97. The second-order valence-electron chi connectivity index (χ2n) is 5.00. The zero-order chi connectivity index (χ0) is 15.5. The highest BCUT2D eigenvalue weighted by Crippen LogP contribution is 2.32. The van der Waals surface area contributed by atoms with E-state index in [1.165, 1.54) is 5.56 Å². The van der Waals surface area contributed by atoms with Gasteiger partial charge in [-0.05, 0) is 60.6 Å². The van der Waals surface area contributed by atoms with Gasteiger partial charge < -0.3 is 9.90 Å². The lowest BCUT2D eigenvalue weighted by molar-refractivity contribution is -0.305. The third kappa shape index (κ3) is 3.26. The first-order valence-electron chi connectivity index (χ1n) is 6.94. The van der Waals surface area contributed by atoms with Crippen LogP contribution in [0, 0.1) is 6.92 Å². The maximum atomic E-state index is 10.8. The molecule has 112 valence electrons. The van der Waals surface area contributed by atoms with Crippen LogP contribution in [0.2, 0.25) is 0 Å². The van der Waals surface area contributed by atoms with Crippen molar-refractivity contribution in [2.45, 2.75) is 19.8 Å². The molecule has 0 spiro atoms. The van der Waals surface area contributed by atoms with Gasteiger partial charge in [-0.2, -0.15) is 0 Å². The fourth-order valence-electron chi connectivity index (χ4n) is 2.18. The van der Waals surface area contributed by atoms with E-state index in [4.69, 9.17) is 0 Å². The van der Waals surface area contributed by atoms with Crippen LogP contribution in [0.4, 0.5) is 0 Å². The smallest absolute Gasteiger partial charge is 0.120 e. The molecule has 0 N–H and O–H groups in total. The largest absolute Gasteiger partial charge is 0.550 e. The van der Waals surface area contributed by atoms with Gasteiger partial charge in [0.15, 0.2) is 0 Å². The number of hydrogen-bond acceptors (Lipinski definition) is 5. The molecule has 0 unspecified atom stereocenters. The minimum atomic E-state index is -1.03. The Morgan fingerprint density at radius 1 is 1.27 bits per heavy atom. The maximum Gasteiger partial charge on any atom is 0.120 e. The molecule has 0 amide bonds. The Hall–Kier alpha value is -1.98. The number of rotatable bonds is 5. The van der Waals surface area contributed by atoms with Gasteiger partial charge >= 0.3 is 0 Å². The van der Waals surface area contributed by atoms with Crippen molar-refractivity contribution in [3.05, 3.63) is 51.2 Å². The van der Waals surface area contributed by atoms with Crippen molar-refractivity contribution in [3.8, 4) is 0 Å². The van der Waals surface area contributed by atoms with E-state index in [0.29, 0.717) is 6.42 Å². The molecule has 3 nitrogen and oxygen atoms in total. The molecule has 2 heterocycles. The number of carbonyl (C=O) groups is 1.